The predicted molar refractivity (Wildman–Crippen MR) is 100 cm³/mol. The van der Waals surface area contributed by atoms with Gasteiger partial charge in [0.1, 0.15) is 0 Å². The third-order valence-electron chi connectivity index (χ3n) is 3.96. The van der Waals surface area contributed by atoms with E-state index in [1.54, 1.807) is 0 Å². The van der Waals surface area contributed by atoms with Crippen LogP contribution in [0.25, 0.3) is 11.1 Å². The summed E-state index contributed by atoms with van der Waals surface area (Å²) in [5, 5.41) is 0. The van der Waals surface area contributed by atoms with Crippen molar-refractivity contribution >= 4 is 11.1 Å². The number of benzene rings is 3. The van der Waals surface area contributed by atoms with Gasteiger partial charge in [-0.05, 0) is 34.8 Å². The number of hydrogen-bond acceptors (Lipinski definition) is 0. The molecule has 3 aromatic rings. The Morgan fingerprint density at radius 2 is 1.13 bits per heavy atom. The molecule has 0 amide bonds. The van der Waals surface area contributed by atoms with Gasteiger partial charge in [0.2, 0.25) is 0 Å². The molecule has 0 nitrogen and oxygen atoms in total. The second-order valence-corrected chi connectivity index (χ2v) is 5.59. The second kappa shape index (κ2) is 6.93. The molecule has 0 saturated heterocycles. The van der Waals surface area contributed by atoms with Gasteiger partial charge in [0.25, 0.3) is 0 Å². The number of hydrogen-bond donors (Lipinski definition) is 0. The zero-order valence-electron chi connectivity index (χ0n) is 13.4. The summed E-state index contributed by atoms with van der Waals surface area (Å²) in [7, 11) is 0. The summed E-state index contributed by atoms with van der Waals surface area (Å²) in [5.41, 5.74) is 7.22. The molecule has 0 aliphatic rings. The molecule has 0 heterocycles. The van der Waals surface area contributed by atoms with E-state index in [1.165, 1.54) is 27.8 Å². The first-order valence-corrected chi connectivity index (χ1v) is 7.84. The predicted octanol–water partition coefficient (Wildman–Crippen LogP) is 6.14. The molecule has 0 aromatic heterocycles. The van der Waals surface area contributed by atoms with Gasteiger partial charge in [0, 0.05) is 0 Å². The van der Waals surface area contributed by atoms with Crippen LogP contribution < -0.4 is 0 Å². The third kappa shape index (κ3) is 3.32. The van der Waals surface area contributed by atoms with E-state index in [-0.39, 0.29) is 0 Å². The standard InChI is InChI=1S/C23H20/c1-3-22(19-16-14-18(2)15-17-19)23(20-10-6-4-7-11-20)21-12-8-5-9-13-21/h3-17H,1H2,2H3. The highest BCUT2D eigenvalue weighted by Gasteiger charge is 2.11. The van der Waals surface area contributed by atoms with E-state index in [1.807, 2.05) is 18.2 Å². The van der Waals surface area contributed by atoms with Crippen LogP contribution in [0.5, 0.6) is 0 Å². The molecule has 0 aliphatic heterocycles. The highest BCUT2D eigenvalue weighted by atomic mass is 14.1. The van der Waals surface area contributed by atoms with Crippen molar-refractivity contribution in [3.63, 3.8) is 0 Å². The molecule has 0 fully saturated rings. The molecule has 0 atom stereocenters. The van der Waals surface area contributed by atoms with Crippen LogP contribution in [0.15, 0.2) is 97.6 Å². The quantitative estimate of drug-likeness (QED) is 0.400. The van der Waals surface area contributed by atoms with Crippen LogP contribution in [0.1, 0.15) is 22.3 Å². The lowest BCUT2D eigenvalue weighted by Gasteiger charge is -2.14. The molecule has 0 heteroatoms. The lowest BCUT2D eigenvalue weighted by atomic mass is 9.89. The van der Waals surface area contributed by atoms with Crippen molar-refractivity contribution in [3.8, 4) is 0 Å². The van der Waals surface area contributed by atoms with Gasteiger partial charge in [-0.1, -0.05) is 103 Å². The first-order chi connectivity index (χ1) is 11.3. The van der Waals surface area contributed by atoms with E-state index in [4.69, 9.17) is 0 Å². The lowest BCUT2D eigenvalue weighted by molar-refractivity contribution is 1.45. The molecule has 3 rings (SSSR count). The molecule has 0 unspecified atom stereocenters. The van der Waals surface area contributed by atoms with Gasteiger partial charge in [0.15, 0.2) is 0 Å². The molecule has 0 radical (unpaired) electrons. The minimum Gasteiger partial charge on any atom is -0.0984 e. The highest BCUT2D eigenvalue weighted by Crippen LogP contribution is 2.32. The van der Waals surface area contributed by atoms with Gasteiger partial charge in [-0.15, -0.1) is 0 Å². The fraction of sp³-hybridized carbons (Fsp3) is 0.0435. The Morgan fingerprint density at radius 1 is 0.652 bits per heavy atom. The maximum Gasteiger partial charge on any atom is -0.00331 e. The third-order valence-corrected chi connectivity index (χ3v) is 3.96. The number of rotatable bonds is 4. The summed E-state index contributed by atoms with van der Waals surface area (Å²) >= 11 is 0. The molecular weight excluding hydrogens is 276 g/mol. The first kappa shape index (κ1) is 15.1. The maximum atomic E-state index is 4.07. The van der Waals surface area contributed by atoms with Gasteiger partial charge in [-0.25, -0.2) is 0 Å². The second-order valence-electron chi connectivity index (χ2n) is 5.59. The Labute approximate surface area is 138 Å². The van der Waals surface area contributed by atoms with Gasteiger partial charge in [-0.2, -0.15) is 0 Å². The Bertz CT molecular complexity index is 765. The highest BCUT2D eigenvalue weighted by molar-refractivity contribution is 6.02. The van der Waals surface area contributed by atoms with Crippen molar-refractivity contribution in [1.29, 1.82) is 0 Å². The zero-order chi connectivity index (χ0) is 16.1. The summed E-state index contributed by atoms with van der Waals surface area (Å²) < 4.78 is 0. The van der Waals surface area contributed by atoms with Crippen LogP contribution in [-0.2, 0) is 0 Å². The van der Waals surface area contributed by atoms with Crippen molar-refractivity contribution in [2.24, 2.45) is 0 Å². The van der Waals surface area contributed by atoms with Crippen LogP contribution in [0, 0.1) is 6.92 Å². The average Bonchev–Trinajstić information content (AvgIpc) is 2.62. The first-order valence-electron chi connectivity index (χ1n) is 7.84. The van der Waals surface area contributed by atoms with E-state index in [9.17, 15) is 0 Å². The molecular formula is C23H20. The minimum atomic E-state index is 1.16. The van der Waals surface area contributed by atoms with E-state index in [0.717, 1.165) is 5.57 Å². The summed E-state index contributed by atoms with van der Waals surface area (Å²) in [4.78, 5) is 0. The zero-order valence-corrected chi connectivity index (χ0v) is 13.4. The van der Waals surface area contributed by atoms with Crippen LogP contribution in [0.2, 0.25) is 0 Å². The fourth-order valence-corrected chi connectivity index (χ4v) is 2.78. The summed E-state index contributed by atoms with van der Waals surface area (Å²) in [6.45, 7) is 6.18. The Hall–Kier alpha value is -2.86. The average molecular weight is 296 g/mol. The van der Waals surface area contributed by atoms with Gasteiger partial charge in [0.05, 0.1) is 0 Å². The van der Waals surface area contributed by atoms with Crippen LogP contribution in [0.3, 0.4) is 0 Å². The monoisotopic (exact) mass is 296 g/mol. The van der Waals surface area contributed by atoms with E-state index >= 15 is 0 Å². The Morgan fingerprint density at radius 3 is 1.57 bits per heavy atom. The Kier molecular flexibility index (Phi) is 4.54. The topological polar surface area (TPSA) is 0 Å². The van der Waals surface area contributed by atoms with E-state index < -0.39 is 0 Å². The van der Waals surface area contributed by atoms with Crippen molar-refractivity contribution < 1.29 is 0 Å². The van der Waals surface area contributed by atoms with Crippen molar-refractivity contribution in [1.82, 2.24) is 0 Å². The molecule has 112 valence electrons. The molecule has 0 N–H and O–H groups in total. The van der Waals surface area contributed by atoms with Gasteiger partial charge in [-0.3, -0.25) is 0 Å². The SMILES string of the molecule is C=CC(=C(c1ccccc1)c1ccccc1)c1ccc(C)cc1. The van der Waals surface area contributed by atoms with Crippen molar-refractivity contribution in [3.05, 3.63) is 120 Å². The van der Waals surface area contributed by atoms with Crippen molar-refractivity contribution in [2.45, 2.75) is 6.92 Å². The lowest BCUT2D eigenvalue weighted by Crippen LogP contribution is -1.93. The van der Waals surface area contributed by atoms with E-state index in [0.29, 0.717) is 0 Å². The van der Waals surface area contributed by atoms with Crippen molar-refractivity contribution in [2.75, 3.05) is 0 Å². The van der Waals surface area contributed by atoms with Crippen LogP contribution in [0.4, 0.5) is 0 Å². The van der Waals surface area contributed by atoms with E-state index in [2.05, 4.69) is 86.3 Å². The number of aryl methyl sites for hydroxylation is 1. The van der Waals surface area contributed by atoms with Crippen LogP contribution in [-0.4, -0.2) is 0 Å². The molecule has 0 spiro atoms. The minimum absolute atomic E-state index is 1.16. The normalized spacial score (nSPS) is 10.1. The van der Waals surface area contributed by atoms with Gasteiger partial charge >= 0.3 is 0 Å². The smallest absolute Gasteiger partial charge is 0.00331 e. The summed E-state index contributed by atoms with van der Waals surface area (Å²) in [5.74, 6) is 0. The molecule has 0 aliphatic carbocycles. The molecule has 0 saturated carbocycles. The van der Waals surface area contributed by atoms with Gasteiger partial charge < -0.3 is 0 Å². The van der Waals surface area contributed by atoms with Crippen LogP contribution >= 0.6 is 0 Å². The molecule has 0 bridgehead atoms. The molecule has 23 heavy (non-hydrogen) atoms. The fourth-order valence-electron chi connectivity index (χ4n) is 2.78. The molecule has 3 aromatic carbocycles. The summed E-state index contributed by atoms with van der Waals surface area (Å²) in [6, 6.07) is 29.6. The Balaban J connectivity index is 2.27. The summed E-state index contributed by atoms with van der Waals surface area (Å²) in [6.07, 6.45) is 1.96. The maximum absolute atomic E-state index is 4.07. The largest absolute Gasteiger partial charge is 0.0984 e. The number of allylic oxidation sites excluding steroid dienone is 2.